The summed E-state index contributed by atoms with van der Waals surface area (Å²) in [4.78, 5) is 0. The number of thiol groups is 1. The maximum absolute atomic E-state index is 5.52. The van der Waals surface area contributed by atoms with Crippen molar-refractivity contribution in [1.82, 2.24) is 9.78 Å². The van der Waals surface area contributed by atoms with Crippen molar-refractivity contribution in [3.63, 3.8) is 0 Å². The number of ether oxygens (including phenoxy) is 1. The van der Waals surface area contributed by atoms with Crippen LogP contribution in [0.3, 0.4) is 0 Å². The summed E-state index contributed by atoms with van der Waals surface area (Å²) < 4.78 is 7.43. The summed E-state index contributed by atoms with van der Waals surface area (Å²) in [6.07, 6.45) is 6.98. The van der Waals surface area contributed by atoms with Crippen LogP contribution in [0.4, 0.5) is 0 Å². The molecule has 1 aromatic rings. The van der Waals surface area contributed by atoms with Crippen LogP contribution in [0.2, 0.25) is 0 Å². The molecular weight excluding hydrogens is 196 g/mol. The van der Waals surface area contributed by atoms with Crippen LogP contribution in [0, 0.1) is 0 Å². The normalized spacial score (nSPS) is 10.4. The average molecular weight is 214 g/mol. The van der Waals surface area contributed by atoms with Gasteiger partial charge in [-0.25, -0.2) is 0 Å². The molecule has 0 fully saturated rings. The standard InChI is InChI=1S/C10H18N2OS/c1-2-5-12-9-10(8-11-12)13-6-3-4-7-14/h8-9,14H,2-7H2,1H3. The van der Waals surface area contributed by atoms with E-state index >= 15 is 0 Å². The lowest BCUT2D eigenvalue weighted by molar-refractivity contribution is 0.309. The van der Waals surface area contributed by atoms with Crippen molar-refractivity contribution in [3.8, 4) is 5.75 Å². The van der Waals surface area contributed by atoms with Gasteiger partial charge in [-0.3, -0.25) is 4.68 Å². The first kappa shape index (κ1) is 11.4. The van der Waals surface area contributed by atoms with Gasteiger partial charge in [0.15, 0.2) is 5.75 Å². The van der Waals surface area contributed by atoms with Crippen molar-refractivity contribution in [2.24, 2.45) is 0 Å². The average Bonchev–Trinajstić information content (AvgIpc) is 2.61. The van der Waals surface area contributed by atoms with E-state index in [1.54, 1.807) is 6.20 Å². The maximum atomic E-state index is 5.52. The third-order valence-corrected chi connectivity index (χ3v) is 2.20. The summed E-state index contributed by atoms with van der Waals surface area (Å²) in [5.41, 5.74) is 0. The molecule has 80 valence electrons. The highest BCUT2D eigenvalue weighted by Gasteiger charge is 1.97. The van der Waals surface area contributed by atoms with Crippen LogP contribution in [-0.4, -0.2) is 22.1 Å². The smallest absolute Gasteiger partial charge is 0.157 e. The topological polar surface area (TPSA) is 27.1 Å². The van der Waals surface area contributed by atoms with Crippen LogP contribution < -0.4 is 4.74 Å². The molecule has 0 aliphatic heterocycles. The Bertz CT molecular complexity index is 250. The molecule has 3 nitrogen and oxygen atoms in total. The third-order valence-electron chi connectivity index (χ3n) is 1.88. The van der Waals surface area contributed by atoms with Gasteiger partial charge in [-0.2, -0.15) is 17.7 Å². The van der Waals surface area contributed by atoms with E-state index in [4.69, 9.17) is 4.74 Å². The van der Waals surface area contributed by atoms with Gasteiger partial charge in [0.25, 0.3) is 0 Å². The van der Waals surface area contributed by atoms with Crippen LogP contribution >= 0.6 is 12.6 Å². The van der Waals surface area contributed by atoms with E-state index in [-0.39, 0.29) is 0 Å². The molecule has 1 heterocycles. The maximum Gasteiger partial charge on any atom is 0.157 e. The fourth-order valence-corrected chi connectivity index (χ4v) is 1.40. The van der Waals surface area contributed by atoms with E-state index in [9.17, 15) is 0 Å². The van der Waals surface area contributed by atoms with Crippen LogP contribution in [0.1, 0.15) is 26.2 Å². The molecule has 0 aliphatic rings. The molecule has 0 radical (unpaired) electrons. The lowest BCUT2D eigenvalue weighted by atomic mass is 10.4. The Morgan fingerprint density at radius 1 is 1.50 bits per heavy atom. The van der Waals surface area contributed by atoms with E-state index in [0.717, 1.165) is 43.9 Å². The third kappa shape index (κ3) is 4.05. The molecule has 0 saturated carbocycles. The van der Waals surface area contributed by atoms with Crippen LogP contribution in [0.5, 0.6) is 5.75 Å². The van der Waals surface area contributed by atoms with Gasteiger partial charge < -0.3 is 4.74 Å². The molecule has 0 amide bonds. The Morgan fingerprint density at radius 3 is 3.07 bits per heavy atom. The molecular formula is C10H18N2OS. The Labute approximate surface area is 90.9 Å². The monoisotopic (exact) mass is 214 g/mol. The SMILES string of the molecule is CCCn1cc(OCCCCS)cn1. The molecule has 0 spiro atoms. The van der Waals surface area contributed by atoms with Gasteiger partial charge in [0, 0.05) is 6.54 Å². The van der Waals surface area contributed by atoms with Gasteiger partial charge in [-0.15, -0.1) is 0 Å². The lowest BCUT2D eigenvalue weighted by Crippen LogP contribution is -1.97. The van der Waals surface area contributed by atoms with E-state index < -0.39 is 0 Å². The summed E-state index contributed by atoms with van der Waals surface area (Å²) in [7, 11) is 0. The van der Waals surface area contributed by atoms with Crippen LogP contribution in [-0.2, 0) is 6.54 Å². The zero-order valence-corrected chi connectivity index (χ0v) is 9.54. The fourth-order valence-electron chi connectivity index (χ4n) is 1.17. The van der Waals surface area contributed by atoms with Gasteiger partial charge in [-0.05, 0) is 25.0 Å². The van der Waals surface area contributed by atoms with Gasteiger partial charge in [-0.1, -0.05) is 6.92 Å². The number of aryl methyl sites for hydroxylation is 1. The van der Waals surface area contributed by atoms with Crippen molar-refractivity contribution in [3.05, 3.63) is 12.4 Å². The van der Waals surface area contributed by atoms with Gasteiger partial charge in [0.2, 0.25) is 0 Å². The summed E-state index contributed by atoms with van der Waals surface area (Å²) in [5, 5.41) is 4.18. The van der Waals surface area contributed by atoms with E-state index in [1.165, 1.54) is 0 Å². The number of aromatic nitrogens is 2. The Hall–Kier alpha value is -0.640. The van der Waals surface area contributed by atoms with Crippen molar-refractivity contribution in [2.45, 2.75) is 32.7 Å². The summed E-state index contributed by atoms with van der Waals surface area (Å²) >= 11 is 4.14. The zero-order chi connectivity index (χ0) is 10.2. The Balaban J connectivity index is 2.22. The first-order valence-corrected chi connectivity index (χ1v) is 5.76. The largest absolute Gasteiger partial charge is 0.490 e. The minimum absolute atomic E-state index is 0.762. The first-order valence-electron chi connectivity index (χ1n) is 5.13. The second kappa shape index (κ2) is 6.76. The lowest BCUT2D eigenvalue weighted by Gasteiger charge is -2.01. The van der Waals surface area contributed by atoms with E-state index in [1.807, 2.05) is 10.9 Å². The van der Waals surface area contributed by atoms with Gasteiger partial charge in [0.05, 0.1) is 19.0 Å². The molecule has 0 bridgehead atoms. The summed E-state index contributed by atoms with van der Waals surface area (Å²) in [6.45, 7) is 3.85. The van der Waals surface area contributed by atoms with Crippen molar-refractivity contribution >= 4 is 12.6 Å². The quantitative estimate of drug-likeness (QED) is 0.557. The van der Waals surface area contributed by atoms with E-state index in [0.29, 0.717) is 0 Å². The molecule has 0 N–H and O–H groups in total. The van der Waals surface area contributed by atoms with Crippen molar-refractivity contribution in [1.29, 1.82) is 0 Å². The number of hydrogen-bond acceptors (Lipinski definition) is 3. The highest BCUT2D eigenvalue weighted by atomic mass is 32.1. The Morgan fingerprint density at radius 2 is 2.36 bits per heavy atom. The van der Waals surface area contributed by atoms with Crippen molar-refractivity contribution < 1.29 is 4.74 Å². The molecule has 0 saturated heterocycles. The second-order valence-electron chi connectivity index (χ2n) is 3.22. The predicted octanol–water partition coefficient (Wildman–Crippen LogP) is 2.38. The number of unbranched alkanes of at least 4 members (excludes halogenated alkanes) is 1. The predicted molar refractivity (Wildman–Crippen MR) is 61.1 cm³/mol. The molecule has 14 heavy (non-hydrogen) atoms. The fraction of sp³-hybridized carbons (Fsp3) is 0.700. The molecule has 0 aliphatic carbocycles. The minimum Gasteiger partial charge on any atom is -0.490 e. The molecule has 0 atom stereocenters. The van der Waals surface area contributed by atoms with Crippen LogP contribution in [0.25, 0.3) is 0 Å². The second-order valence-corrected chi connectivity index (χ2v) is 3.67. The van der Waals surface area contributed by atoms with Crippen molar-refractivity contribution in [2.75, 3.05) is 12.4 Å². The summed E-state index contributed by atoms with van der Waals surface area (Å²) in [6, 6.07) is 0. The number of hydrogen-bond donors (Lipinski definition) is 1. The zero-order valence-electron chi connectivity index (χ0n) is 8.65. The molecule has 1 rings (SSSR count). The Kier molecular flexibility index (Phi) is 5.52. The number of nitrogens with zero attached hydrogens (tertiary/aromatic N) is 2. The van der Waals surface area contributed by atoms with Gasteiger partial charge in [0.1, 0.15) is 0 Å². The minimum atomic E-state index is 0.762. The highest BCUT2D eigenvalue weighted by molar-refractivity contribution is 7.80. The number of rotatable bonds is 7. The molecule has 0 unspecified atom stereocenters. The highest BCUT2D eigenvalue weighted by Crippen LogP contribution is 2.09. The van der Waals surface area contributed by atoms with Gasteiger partial charge >= 0.3 is 0 Å². The van der Waals surface area contributed by atoms with E-state index in [2.05, 4.69) is 24.7 Å². The molecule has 1 aromatic heterocycles. The summed E-state index contributed by atoms with van der Waals surface area (Å²) in [5.74, 6) is 1.80. The molecule has 4 heteroatoms. The molecule has 0 aromatic carbocycles. The van der Waals surface area contributed by atoms with Crippen LogP contribution in [0.15, 0.2) is 12.4 Å². The first-order chi connectivity index (χ1) is 6.86.